The molecule has 0 fully saturated rings. The molecule has 75 valence electrons. The minimum absolute atomic E-state index is 0.122. The zero-order valence-electron chi connectivity index (χ0n) is 7.27. The van der Waals surface area contributed by atoms with Gasteiger partial charge in [0.25, 0.3) is 5.82 Å². The third-order valence-corrected chi connectivity index (χ3v) is 1.84. The largest absolute Gasteiger partial charge is 0.358 e. The van der Waals surface area contributed by atoms with Gasteiger partial charge in [-0.3, -0.25) is 0 Å². The Hall–Kier alpha value is -2.09. The van der Waals surface area contributed by atoms with Gasteiger partial charge in [-0.2, -0.15) is 4.98 Å². The predicted octanol–water partition coefficient (Wildman–Crippen LogP) is 1.13. The predicted molar refractivity (Wildman–Crippen MR) is 51.7 cm³/mol. The van der Waals surface area contributed by atoms with Gasteiger partial charge >= 0.3 is 5.82 Å². The highest BCUT2D eigenvalue weighted by Gasteiger charge is 2.17. The summed E-state index contributed by atoms with van der Waals surface area (Å²) in [6.45, 7) is 0. The maximum Gasteiger partial charge on any atom is 0.351 e. The van der Waals surface area contributed by atoms with E-state index in [0.29, 0.717) is 0 Å². The van der Waals surface area contributed by atoms with Crippen LogP contribution in [0.4, 0.5) is 5.82 Å². The van der Waals surface area contributed by atoms with Crippen molar-refractivity contribution in [3.8, 4) is 5.82 Å². The molecule has 0 unspecified atom stereocenters. The molecule has 0 saturated carbocycles. The van der Waals surface area contributed by atoms with E-state index in [1.54, 1.807) is 0 Å². The Morgan fingerprint density at radius 3 is 2.87 bits per heavy atom. The molecule has 2 aromatic rings. The van der Waals surface area contributed by atoms with Crippen molar-refractivity contribution in [1.29, 1.82) is 0 Å². The lowest BCUT2D eigenvalue weighted by atomic mass is 10.5. The van der Waals surface area contributed by atoms with E-state index in [9.17, 15) is 10.1 Å². The first-order valence-electron chi connectivity index (χ1n) is 3.87. The van der Waals surface area contributed by atoms with Crippen LogP contribution in [0.5, 0.6) is 0 Å². The Morgan fingerprint density at radius 1 is 1.40 bits per heavy atom. The van der Waals surface area contributed by atoms with Crippen molar-refractivity contribution >= 4 is 18.4 Å². The highest BCUT2D eigenvalue weighted by atomic mass is 32.1. The Kier molecular flexibility index (Phi) is 2.26. The van der Waals surface area contributed by atoms with E-state index in [4.69, 9.17) is 12.6 Å². The molecule has 0 amide bonds. The summed E-state index contributed by atoms with van der Waals surface area (Å²) in [5, 5.41) is 14.5. The summed E-state index contributed by atoms with van der Waals surface area (Å²) >= 11 is 4.75. The molecule has 0 aromatic carbocycles. The van der Waals surface area contributed by atoms with Crippen molar-refractivity contribution in [2.45, 2.75) is 5.16 Å². The number of nitrogens with zero attached hydrogens (tertiary/aromatic N) is 5. The summed E-state index contributed by atoms with van der Waals surface area (Å²) in [6, 6.07) is 2.78. The Morgan fingerprint density at radius 2 is 2.20 bits per heavy atom. The molecule has 0 N–H and O–H groups in total. The molecule has 0 bridgehead atoms. The smallest absolute Gasteiger partial charge is 0.351 e. The van der Waals surface area contributed by atoms with E-state index < -0.39 is 4.92 Å². The van der Waals surface area contributed by atoms with Crippen LogP contribution < -0.4 is 0 Å². The highest BCUT2D eigenvalue weighted by Crippen LogP contribution is 2.14. The summed E-state index contributed by atoms with van der Waals surface area (Å²) < 4.78 is 1.09. The summed E-state index contributed by atoms with van der Waals surface area (Å²) in [5.74, 6) is 0.120. The van der Waals surface area contributed by atoms with Gasteiger partial charge in [0.2, 0.25) is 5.16 Å². The molecule has 2 rings (SSSR count). The lowest BCUT2D eigenvalue weighted by Gasteiger charge is -1.97. The van der Waals surface area contributed by atoms with Crippen molar-refractivity contribution in [2.75, 3.05) is 0 Å². The van der Waals surface area contributed by atoms with Crippen molar-refractivity contribution in [3.63, 3.8) is 0 Å². The lowest BCUT2D eigenvalue weighted by Crippen LogP contribution is -2.04. The minimum atomic E-state index is -0.543. The van der Waals surface area contributed by atoms with E-state index in [1.807, 2.05) is 0 Å². The molecule has 0 aliphatic rings. The fourth-order valence-corrected chi connectivity index (χ4v) is 1.22. The molecule has 1 radical (unpaired) electrons. The second kappa shape index (κ2) is 3.58. The molecule has 2 heterocycles. The molecule has 0 spiro atoms. The zero-order chi connectivity index (χ0) is 10.8. The summed E-state index contributed by atoms with van der Waals surface area (Å²) in [6.07, 6.45) is 2.75. The van der Waals surface area contributed by atoms with Crippen molar-refractivity contribution in [2.24, 2.45) is 0 Å². The standard InChI is InChI=1S/C7H4N5O2S/c13-12(14)6-2-4-9-11(6)5-1-3-8-7(15)10-5/h1-4H. The highest BCUT2D eigenvalue weighted by molar-refractivity contribution is 7.80. The van der Waals surface area contributed by atoms with Gasteiger partial charge in [0.1, 0.15) is 0 Å². The van der Waals surface area contributed by atoms with Gasteiger partial charge in [0, 0.05) is 12.3 Å². The van der Waals surface area contributed by atoms with Crippen molar-refractivity contribution in [3.05, 3.63) is 34.6 Å². The summed E-state index contributed by atoms with van der Waals surface area (Å²) in [4.78, 5) is 17.6. The van der Waals surface area contributed by atoms with E-state index >= 15 is 0 Å². The van der Waals surface area contributed by atoms with Crippen molar-refractivity contribution in [1.82, 2.24) is 19.7 Å². The Labute approximate surface area is 89.3 Å². The number of rotatable bonds is 2. The van der Waals surface area contributed by atoms with E-state index in [-0.39, 0.29) is 16.8 Å². The molecular formula is C7H4N5O2S. The van der Waals surface area contributed by atoms with Crippen LogP contribution in [0.2, 0.25) is 0 Å². The second-order valence-corrected chi connectivity index (χ2v) is 2.92. The topological polar surface area (TPSA) is 86.7 Å². The van der Waals surface area contributed by atoms with Gasteiger partial charge in [-0.15, -0.1) is 0 Å². The molecule has 0 aliphatic carbocycles. The monoisotopic (exact) mass is 222 g/mol. The first-order valence-corrected chi connectivity index (χ1v) is 4.28. The average molecular weight is 222 g/mol. The molecule has 0 aliphatic heterocycles. The van der Waals surface area contributed by atoms with Crippen LogP contribution in [0.3, 0.4) is 0 Å². The number of hydrogen-bond donors (Lipinski definition) is 0. The first kappa shape index (κ1) is 9.46. The SMILES string of the molecule is O=[N+]([O-])c1ccnn1-c1ccnc([S])n1. The lowest BCUT2D eigenvalue weighted by molar-refractivity contribution is -0.391. The van der Waals surface area contributed by atoms with Crippen LogP contribution in [-0.4, -0.2) is 24.7 Å². The van der Waals surface area contributed by atoms with Gasteiger partial charge in [-0.25, -0.2) is 4.98 Å². The third-order valence-electron chi connectivity index (χ3n) is 1.65. The van der Waals surface area contributed by atoms with Gasteiger partial charge in [0.05, 0.1) is 12.3 Å². The minimum Gasteiger partial charge on any atom is -0.358 e. The zero-order valence-corrected chi connectivity index (χ0v) is 8.09. The van der Waals surface area contributed by atoms with Crippen molar-refractivity contribution < 1.29 is 4.92 Å². The molecule has 0 saturated heterocycles. The maximum atomic E-state index is 10.6. The van der Waals surface area contributed by atoms with Gasteiger partial charge in [-0.1, -0.05) is 9.78 Å². The quantitative estimate of drug-likeness (QED) is 0.431. The summed E-state index contributed by atoms with van der Waals surface area (Å²) in [7, 11) is 0. The fraction of sp³-hybridized carbons (Fsp3) is 0. The molecule has 0 atom stereocenters. The Bertz CT molecular complexity index is 512. The second-order valence-electron chi connectivity index (χ2n) is 2.56. The molecule has 15 heavy (non-hydrogen) atoms. The van der Waals surface area contributed by atoms with Crippen LogP contribution in [0.1, 0.15) is 0 Å². The van der Waals surface area contributed by atoms with Gasteiger partial charge in [0.15, 0.2) is 0 Å². The van der Waals surface area contributed by atoms with Crippen LogP contribution in [-0.2, 0) is 0 Å². The number of hydrogen-bond acceptors (Lipinski definition) is 5. The Balaban J connectivity index is 2.54. The molecule has 8 heteroatoms. The first-order chi connectivity index (χ1) is 7.18. The van der Waals surface area contributed by atoms with E-state index in [0.717, 1.165) is 4.68 Å². The average Bonchev–Trinajstić information content (AvgIpc) is 2.65. The van der Waals surface area contributed by atoms with Crippen LogP contribution >= 0.6 is 12.6 Å². The molecular weight excluding hydrogens is 218 g/mol. The molecule has 2 aromatic heterocycles. The third kappa shape index (κ3) is 1.74. The maximum absolute atomic E-state index is 10.6. The van der Waals surface area contributed by atoms with Crippen LogP contribution in [0.25, 0.3) is 5.82 Å². The van der Waals surface area contributed by atoms with E-state index in [2.05, 4.69) is 15.1 Å². The van der Waals surface area contributed by atoms with Crippen LogP contribution in [0, 0.1) is 10.1 Å². The number of nitro groups is 1. The fourth-order valence-electron chi connectivity index (χ4n) is 1.06. The molecule has 7 nitrogen and oxygen atoms in total. The van der Waals surface area contributed by atoms with Gasteiger partial charge in [-0.05, 0) is 17.6 Å². The van der Waals surface area contributed by atoms with Gasteiger partial charge < -0.3 is 10.1 Å². The van der Waals surface area contributed by atoms with E-state index in [1.165, 1.54) is 24.5 Å². The van der Waals surface area contributed by atoms with Crippen LogP contribution in [0.15, 0.2) is 29.7 Å². The number of aromatic nitrogens is 4. The normalized spacial score (nSPS) is 10.1. The summed E-state index contributed by atoms with van der Waals surface area (Å²) in [5.41, 5.74) is 0.